The topological polar surface area (TPSA) is 96.5 Å². The van der Waals surface area contributed by atoms with Crippen LogP contribution in [-0.2, 0) is 14.5 Å². The first-order valence-corrected chi connectivity index (χ1v) is 13.5. The molecule has 1 amide bonds. The maximum Gasteiger partial charge on any atom is 0.406 e. The van der Waals surface area contributed by atoms with E-state index in [1.54, 1.807) is 19.1 Å². The molecule has 0 aliphatic rings. The molecule has 218 valence electrons. The fraction of sp³-hybridized carbons (Fsp3) is 0.333. The molecular weight excluding hydrogens is 571 g/mol. The molecule has 1 heterocycles. The summed E-state index contributed by atoms with van der Waals surface area (Å²) in [6.45, 7) is -1.65. The summed E-state index contributed by atoms with van der Waals surface area (Å²) in [7, 11) is -2.59. The molecule has 40 heavy (non-hydrogen) atoms. The Morgan fingerprint density at radius 1 is 1.10 bits per heavy atom. The molecule has 3 aromatic rings. The number of aromatic nitrogens is 2. The van der Waals surface area contributed by atoms with Crippen LogP contribution >= 0.6 is 0 Å². The lowest BCUT2D eigenvalue weighted by atomic mass is 10.1. The van der Waals surface area contributed by atoms with Crippen LogP contribution in [0.4, 0.5) is 47.9 Å². The second-order valence-electron chi connectivity index (χ2n) is 8.97. The third kappa shape index (κ3) is 8.59. The molecule has 0 aliphatic carbocycles. The van der Waals surface area contributed by atoms with Gasteiger partial charge in [0.15, 0.2) is 6.10 Å². The number of nitrogens with zero attached hydrogens (tertiary/aromatic N) is 3. The van der Waals surface area contributed by atoms with Crippen LogP contribution in [0.25, 0.3) is 10.9 Å². The molecule has 2 atom stereocenters. The van der Waals surface area contributed by atoms with Crippen LogP contribution in [0.1, 0.15) is 12.5 Å². The van der Waals surface area contributed by atoms with Crippen molar-refractivity contribution in [3.8, 4) is 5.75 Å². The maximum absolute atomic E-state index is 14.1. The van der Waals surface area contributed by atoms with Gasteiger partial charge in [0.05, 0.1) is 11.2 Å². The van der Waals surface area contributed by atoms with Crippen LogP contribution in [0.2, 0.25) is 0 Å². The molecule has 0 saturated heterocycles. The van der Waals surface area contributed by atoms with E-state index in [4.69, 9.17) is 4.74 Å². The Hall–Kier alpha value is -3.82. The number of benzene rings is 2. The second-order valence-corrected chi connectivity index (χ2v) is 11.2. The Balaban J connectivity index is 1.94. The predicted molar refractivity (Wildman–Crippen MR) is 138 cm³/mol. The minimum Gasteiger partial charge on any atom is -0.479 e. The zero-order valence-electron chi connectivity index (χ0n) is 21.3. The standard InChI is InChI=1S/C24H24F7N5O3S/c1-13-7-16(35-40(3,4)38)9-18-20(13)21(33-12-32-18)34-17-6-5-15(25)8-19(17)39-14(2)22(37)36(10-23(26,27)28)11-24(29,30)31/h5-9,12,14H,3,10-11H2,1-2,4H3,(H,35,38)(H,32,33,34)/t14-,40?/m1/s1. The second kappa shape index (κ2) is 11.3. The molecule has 1 unspecified atom stereocenters. The van der Waals surface area contributed by atoms with Crippen molar-refractivity contribution in [3.05, 3.63) is 48.0 Å². The first-order valence-electron chi connectivity index (χ1n) is 11.3. The Morgan fingerprint density at radius 3 is 2.30 bits per heavy atom. The highest BCUT2D eigenvalue weighted by Crippen LogP contribution is 2.34. The van der Waals surface area contributed by atoms with Crippen molar-refractivity contribution >= 4 is 49.6 Å². The lowest BCUT2D eigenvalue weighted by molar-refractivity contribution is -0.190. The molecule has 8 nitrogen and oxygen atoms in total. The van der Waals surface area contributed by atoms with E-state index in [2.05, 4.69) is 25.9 Å². The monoisotopic (exact) mass is 595 g/mol. The van der Waals surface area contributed by atoms with Crippen molar-refractivity contribution in [1.82, 2.24) is 14.9 Å². The average molecular weight is 596 g/mol. The molecule has 0 fully saturated rings. The highest BCUT2D eigenvalue weighted by atomic mass is 32.2. The minimum atomic E-state index is -5.10. The van der Waals surface area contributed by atoms with Crippen molar-refractivity contribution in [1.29, 1.82) is 0 Å². The molecule has 0 saturated carbocycles. The van der Waals surface area contributed by atoms with Crippen LogP contribution in [0, 0.1) is 12.7 Å². The van der Waals surface area contributed by atoms with Gasteiger partial charge in [-0.25, -0.2) is 18.6 Å². The number of amides is 1. The van der Waals surface area contributed by atoms with Crippen LogP contribution in [0.15, 0.2) is 36.7 Å². The smallest absolute Gasteiger partial charge is 0.406 e. The number of rotatable bonds is 9. The highest BCUT2D eigenvalue weighted by Gasteiger charge is 2.41. The number of ether oxygens (including phenoxy) is 1. The normalized spacial score (nSPS) is 14.3. The van der Waals surface area contributed by atoms with Crippen molar-refractivity contribution in [2.45, 2.75) is 32.3 Å². The van der Waals surface area contributed by atoms with Crippen LogP contribution in [0.3, 0.4) is 0 Å². The van der Waals surface area contributed by atoms with Gasteiger partial charge >= 0.3 is 12.4 Å². The van der Waals surface area contributed by atoms with Gasteiger partial charge in [0.25, 0.3) is 5.91 Å². The summed E-state index contributed by atoms with van der Waals surface area (Å²) in [5.74, 6) is 0.899. The van der Waals surface area contributed by atoms with E-state index in [1.807, 2.05) is 0 Å². The van der Waals surface area contributed by atoms with Crippen molar-refractivity contribution in [2.24, 2.45) is 0 Å². The summed E-state index contributed by atoms with van der Waals surface area (Å²) in [5.41, 5.74) is 1.51. The molecule has 0 bridgehead atoms. The number of alkyl halides is 6. The van der Waals surface area contributed by atoms with E-state index in [9.17, 15) is 39.7 Å². The van der Waals surface area contributed by atoms with Gasteiger partial charge in [0, 0.05) is 33.1 Å². The van der Waals surface area contributed by atoms with E-state index in [0.717, 1.165) is 19.1 Å². The fourth-order valence-electron chi connectivity index (χ4n) is 3.76. The lowest BCUT2D eigenvalue weighted by Gasteiger charge is -2.28. The largest absolute Gasteiger partial charge is 0.479 e. The molecular formula is C24H24F7N5O3S. The van der Waals surface area contributed by atoms with Crippen molar-refractivity contribution < 1.29 is 44.5 Å². The van der Waals surface area contributed by atoms with Gasteiger partial charge in [-0.1, -0.05) is 0 Å². The number of aryl methyl sites for hydroxylation is 1. The van der Waals surface area contributed by atoms with E-state index in [-0.39, 0.29) is 17.3 Å². The maximum atomic E-state index is 14.1. The van der Waals surface area contributed by atoms with Gasteiger partial charge < -0.3 is 19.7 Å². The molecule has 3 rings (SSSR count). The summed E-state index contributed by atoms with van der Waals surface area (Å²) in [6, 6.07) is 6.27. The number of hydrogen-bond donors (Lipinski definition) is 2. The third-order valence-corrected chi connectivity index (χ3v) is 5.84. The summed E-state index contributed by atoms with van der Waals surface area (Å²) in [5, 5.41) is 3.37. The van der Waals surface area contributed by atoms with Gasteiger partial charge in [0.2, 0.25) is 0 Å². The van der Waals surface area contributed by atoms with Gasteiger partial charge in [-0.15, -0.1) is 0 Å². The molecule has 2 N–H and O–H groups in total. The van der Waals surface area contributed by atoms with Gasteiger partial charge in [-0.2, -0.15) is 26.3 Å². The molecule has 0 spiro atoms. The van der Waals surface area contributed by atoms with E-state index >= 15 is 0 Å². The first-order chi connectivity index (χ1) is 18.3. The van der Waals surface area contributed by atoms with E-state index in [1.165, 1.54) is 18.6 Å². The molecule has 0 radical (unpaired) electrons. The zero-order valence-corrected chi connectivity index (χ0v) is 22.1. The summed E-state index contributed by atoms with van der Waals surface area (Å²) in [4.78, 5) is 20.5. The molecule has 2 aromatic carbocycles. The van der Waals surface area contributed by atoms with Crippen LogP contribution < -0.4 is 14.8 Å². The summed E-state index contributed by atoms with van der Waals surface area (Å²) < 4.78 is 111. The van der Waals surface area contributed by atoms with Gasteiger partial charge in [-0.3, -0.25) is 4.79 Å². The molecule has 1 aromatic heterocycles. The predicted octanol–water partition coefficient (Wildman–Crippen LogP) is 5.21. The Labute approximate surface area is 224 Å². The van der Waals surface area contributed by atoms with Crippen LogP contribution in [0.5, 0.6) is 5.75 Å². The quantitative estimate of drug-likeness (QED) is 0.260. The lowest BCUT2D eigenvalue weighted by Crippen LogP contribution is -2.48. The van der Waals surface area contributed by atoms with Crippen molar-refractivity contribution in [2.75, 3.05) is 29.4 Å². The highest BCUT2D eigenvalue weighted by molar-refractivity contribution is 8.00. The van der Waals surface area contributed by atoms with Gasteiger partial charge in [0.1, 0.15) is 36.8 Å². The number of carbonyl (C=O) groups is 1. The average Bonchev–Trinajstić information content (AvgIpc) is 2.76. The number of nitrogens with one attached hydrogen (secondary N) is 2. The number of anilines is 3. The Kier molecular flexibility index (Phi) is 8.71. The number of fused-ring (bicyclic) bond motifs is 1. The number of carbonyl (C=O) groups excluding carboxylic acids is 1. The van der Waals surface area contributed by atoms with E-state index < -0.39 is 57.9 Å². The van der Waals surface area contributed by atoms with Crippen molar-refractivity contribution in [3.63, 3.8) is 0 Å². The Bertz CT molecular complexity index is 1500. The number of halogens is 7. The van der Waals surface area contributed by atoms with Crippen LogP contribution in [-0.4, -0.2) is 68.7 Å². The first kappa shape index (κ1) is 30.7. The van der Waals surface area contributed by atoms with E-state index in [0.29, 0.717) is 22.2 Å². The van der Waals surface area contributed by atoms with Gasteiger partial charge in [-0.05, 0) is 49.5 Å². The molecule has 0 aliphatic heterocycles. The zero-order chi connectivity index (χ0) is 30.0. The minimum absolute atomic E-state index is 0.00943. The summed E-state index contributed by atoms with van der Waals surface area (Å²) in [6.07, 6.45) is -9.45. The Morgan fingerprint density at radius 2 is 1.73 bits per heavy atom. The SMILES string of the molecule is C=S(C)(=O)Nc1cc(C)c2c(Nc3ccc(F)cc3O[C@H](C)C(=O)N(CC(F)(F)F)CC(F)(F)F)ncnc2c1. The molecule has 16 heteroatoms. The number of hydrogen-bond acceptors (Lipinski definition) is 6. The third-order valence-electron chi connectivity index (χ3n) is 5.17. The summed E-state index contributed by atoms with van der Waals surface area (Å²) >= 11 is 0. The fourth-order valence-corrected chi connectivity index (χ4v) is 4.38.